The van der Waals surface area contributed by atoms with Gasteiger partial charge in [-0.2, -0.15) is 0 Å². The SMILES string of the molecule is CCc1ccc(C(C)N(CC2CCCCN2)C2CC2)cc1. The van der Waals surface area contributed by atoms with E-state index in [2.05, 4.69) is 48.3 Å². The minimum Gasteiger partial charge on any atom is -0.313 e. The third kappa shape index (κ3) is 3.87. The number of piperidine rings is 1. The van der Waals surface area contributed by atoms with Crippen molar-refractivity contribution < 1.29 is 0 Å². The molecule has 0 amide bonds. The van der Waals surface area contributed by atoms with E-state index in [1.54, 1.807) is 0 Å². The van der Waals surface area contributed by atoms with Crippen LogP contribution in [0.15, 0.2) is 24.3 Å². The molecule has 1 aromatic carbocycles. The van der Waals surface area contributed by atoms with Crippen LogP contribution < -0.4 is 5.32 Å². The molecule has 1 heterocycles. The van der Waals surface area contributed by atoms with Gasteiger partial charge in [0.05, 0.1) is 0 Å². The fourth-order valence-electron chi connectivity index (χ4n) is 3.59. The summed E-state index contributed by atoms with van der Waals surface area (Å²) in [4.78, 5) is 2.75. The fourth-order valence-corrected chi connectivity index (χ4v) is 3.59. The number of nitrogens with one attached hydrogen (secondary N) is 1. The van der Waals surface area contributed by atoms with E-state index in [-0.39, 0.29) is 0 Å². The zero-order chi connectivity index (χ0) is 14.7. The van der Waals surface area contributed by atoms with Crippen LogP contribution in [0.4, 0.5) is 0 Å². The van der Waals surface area contributed by atoms with Gasteiger partial charge in [-0.1, -0.05) is 37.6 Å². The van der Waals surface area contributed by atoms with Gasteiger partial charge in [-0.25, -0.2) is 0 Å². The molecule has 1 aromatic rings. The molecule has 1 saturated heterocycles. The first-order chi connectivity index (χ1) is 10.3. The van der Waals surface area contributed by atoms with E-state index in [9.17, 15) is 0 Å². The van der Waals surface area contributed by atoms with Gasteiger partial charge in [0.15, 0.2) is 0 Å². The highest BCUT2D eigenvalue weighted by atomic mass is 15.2. The van der Waals surface area contributed by atoms with Gasteiger partial charge >= 0.3 is 0 Å². The Morgan fingerprint density at radius 3 is 2.48 bits per heavy atom. The quantitative estimate of drug-likeness (QED) is 0.853. The van der Waals surface area contributed by atoms with E-state index in [0.29, 0.717) is 12.1 Å². The summed E-state index contributed by atoms with van der Waals surface area (Å²) in [5.74, 6) is 0. The second-order valence-electron chi connectivity index (χ2n) is 6.85. The lowest BCUT2D eigenvalue weighted by Crippen LogP contribution is -2.45. The second-order valence-corrected chi connectivity index (χ2v) is 6.85. The molecule has 1 N–H and O–H groups in total. The van der Waals surface area contributed by atoms with Crippen LogP contribution in [0.3, 0.4) is 0 Å². The molecule has 2 unspecified atom stereocenters. The Morgan fingerprint density at radius 1 is 1.14 bits per heavy atom. The Bertz CT molecular complexity index is 429. The van der Waals surface area contributed by atoms with Gasteiger partial charge < -0.3 is 5.32 Å². The molecule has 3 rings (SSSR count). The molecule has 0 spiro atoms. The van der Waals surface area contributed by atoms with Crippen molar-refractivity contribution in [3.63, 3.8) is 0 Å². The van der Waals surface area contributed by atoms with Crippen LogP contribution in [0.1, 0.15) is 63.1 Å². The van der Waals surface area contributed by atoms with Crippen LogP contribution in [-0.4, -0.2) is 30.1 Å². The molecule has 2 heteroatoms. The van der Waals surface area contributed by atoms with Crippen molar-refractivity contribution in [2.75, 3.05) is 13.1 Å². The van der Waals surface area contributed by atoms with E-state index in [0.717, 1.165) is 12.5 Å². The molecule has 0 aromatic heterocycles. The maximum atomic E-state index is 3.72. The van der Waals surface area contributed by atoms with E-state index < -0.39 is 0 Å². The van der Waals surface area contributed by atoms with Gasteiger partial charge in [-0.3, -0.25) is 4.90 Å². The van der Waals surface area contributed by atoms with Crippen LogP contribution in [-0.2, 0) is 6.42 Å². The summed E-state index contributed by atoms with van der Waals surface area (Å²) in [6.45, 7) is 7.05. The van der Waals surface area contributed by atoms with E-state index in [1.807, 2.05) is 0 Å². The Morgan fingerprint density at radius 2 is 1.90 bits per heavy atom. The van der Waals surface area contributed by atoms with Gasteiger partial charge in [0.2, 0.25) is 0 Å². The molecule has 116 valence electrons. The molecular weight excluding hydrogens is 256 g/mol. The van der Waals surface area contributed by atoms with Crippen LogP contribution in [0.25, 0.3) is 0 Å². The Hall–Kier alpha value is -0.860. The topological polar surface area (TPSA) is 15.3 Å². The van der Waals surface area contributed by atoms with Crippen molar-refractivity contribution >= 4 is 0 Å². The highest BCUT2D eigenvalue weighted by Crippen LogP contribution is 2.34. The second kappa shape index (κ2) is 6.93. The lowest BCUT2D eigenvalue weighted by Gasteiger charge is -2.35. The smallest absolute Gasteiger partial charge is 0.0323 e. The molecule has 0 bridgehead atoms. The molecule has 2 atom stereocenters. The summed E-state index contributed by atoms with van der Waals surface area (Å²) < 4.78 is 0. The molecule has 0 radical (unpaired) electrons. The minimum absolute atomic E-state index is 0.548. The van der Waals surface area contributed by atoms with Crippen LogP contribution in [0.5, 0.6) is 0 Å². The number of nitrogens with zero attached hydrogens (tertiary/aromatic N) is 1. The minimum atomic E-state index is 0.548. The predicted octanol–water partition coefficient (Wildman–Crippen LogP) is 3.92. The summed E-state index contributed by atoms with van der Waals surface area (Å²) >= 11 is 0. The van der Waals surface area contributed by atoms with Crippen molar-refractivity contribution in [2.24, 2.45) is 0 Å². The molecule has 1 aliphatic carbocycles. The van der Waals surface area contributed by atoms with Crippen molar-refractivity contribution in [3.05, 3.63) is 35.4 Å². The van der Waals surface area contributed by atoms with E-state index in [4.69, 9.17) is 0 Å². The number of rotatable bonds is 6. The van der Waals surface area contributed by atoms with Gasteiger partial charge in [-0.15, -0.1) is 0 Å². The van der Waals surface area contributed by atoms with E-state index >= 15 is 0 Å². The van der Waals surface area contributed by atoms with Crippen molar-refractivity contribution in [2.45, 2.75) is 70.5 Å². The molecule has 2 nitrogen and oxygen atoms in total. The summed E-state index contributed by atoms with van der Waals surface area (Å²) in [6, 6.07) is 11.4. The largest absolute Gasteiger partial charge is 0.313 e. The summed E-state index contributed by atoms with van der Waals surface area (Å²) in [7, 11) is 0. The summed E-state index contributed by atoms with van der Waals surface area (Å²) in [6.07, 6.45) is 8.02. The zero-order valence-corrected chi connectivity index (χ0v) is 13.6. The molecule has 2 fully saturated rings. The first-order valence-corrected chi connectivity index (χ1v) is 8.86. The fraction of sp³-hybridized carbons (Fsp3) is 0.684. The standard InChI is InChI=1S/C19H30N2/c1-3-16-7-9-17(10-8-16)15(2)21(19-11-12-19)14-18-6-4-5-13-20-18/h7-10,15,18-20H,3-6,11-14H2,1-2H3. The maximum Gasteiger partial charge on any atom is 0.0323 e. The van der Waals surface area contributed by atoms with Crippen molar-refractivity contribution in [1.29, 1.82) is 0 Å². The molecular formula is C19H30N2. The van der Waals surface area contributed by atoms with Gasteiger partial charge in [0.25, 0.3) is 0 Å². The zero-order valence-electron chi connectivity index (χ0n) is 13.6. The van der Waals surface area contributed by atoms with Crippen LogP contribution in [0.2, 0.25) is 0 Å². The molecule has 1 aliphatic heterocycles. The third-order valence-electron chi connectivity index (χ3n) is 5.23. The number of aryl methyl sites for hydroxylation is 1. The summed E-state index contributed by atoms with van der Waals surface area (Å²) in [5, 5.41) is 3.72. The molecule has 1 saturated carbocycles. The normalized spacial score (nSPS) is 24.2. The third-order valence-corrected chi connectivity index (χ3v) is 5.23. The van der Waals surface area contributed by atoms with Crippen LogP contribution >= 0.6 is 0 Å². The van der Waals surface area contributed by atoms with Crippen LogP contribution in [0, 0.1) is 0 Å². The van der Waals surface area contributed by atoms with E-state index in [1.165, 1.54) is 56.3 Å². The Balaban J connectivity index is 1.66. The number of hydrogen-bond donors (Lipinski definition) is 1. The first kappa shape index (κ1) is 15.1. The number of hydrogen-bond acceptors (Lipinski definition) is 2. The Kier molecular flexibility index (Phi) is 4.97. The average molecular weight is 286 g/mol. The van der Waals surface area contributed by atoms with Crippen molar-refractivity contribution in [1.82, 2.24) is 10.2 Å². The van der Waals surface area contributed by atoms with Gasteiger partial charge in [0, 0.05) is 24.7 Å². The average Bonchev–Trinajstić information content (AvgIpc) is 3.38. The number of benzene rings is 1. The molecule has 2 aliphatic rings. The highest BCUT2D eigenvalue weighted by molar-refractivity contribution is 5.25. The molecule has 21 heavy (non-hydrogen) atoms. The summed E-state index contributed by atoms with van der Waals surface area (Å²) in [5.41, 5.74) is 2.92. The van der Waals surface area contributed by atoms with Crippen molar-refractivity contribution in [3.8, 4) is 0 Å². The predicted molar refractivity (Wildman–Crippen MR) is 89.6 cm³/mol. The highest BCUT2D eigenvalue weighted by Gasteiger charge is 2.34. The monoisotopic (exact) mass is 286 g/mol. The Labute approximate surface area is 129 Å². The lowest BCUT2D eigenvalue weighted by atomic mass is 10.0. The maximum absolute atomic E-state index is 3.72. The van der Waals surface area contributed by atoms with Gasteiger partial charge in [-0.05, 0) is 56.7 Å². The van der Waals surface area contributed by atoms with Gasteiger partial charge in [0.1, 0.15) is 0 Å². The first-order valence-electron chi connectivity index (χ1n) is 8.86. The lowest BCUT2D eigenvalue weighted by molar-refractivity contribution is 0.167.